The van der Waals surface area contributed by atoms with Gasteiger partial charge >= 0.3 is 0 Å². The summed E-state index contributed by atoms with van der Waals surface area (Å²) in [5, 5.41) is 8.00. The van der Waals surface area contributed by atoms with E-state index < -0.39 is 0 Å². The van der Waals surface area contributed by atoms with Crippen molar-refractivity contribution in [3.8, 4) is 5.75 Å². The van der Waals surface area contributed by atoms with Crippen LogP contribution in [0, 0.1) is 5.41 Å². The van der Waals surface area contributed by atoms with E-state index in [2.05, 4.69) is 49.7 Å². The molecule has 0 bridgehead atoms. The van der Waals surface area contributed by atoms with E-state index in [-0.39, 0.29) is 11.5 Å². The Morgan fingerprint density at radius 3 is 2.50 bits per heavy atom. The molecule has 0 amide bonds. The number of ether oxygens (including phenoxy) is 1. The maximum atomic E-state index is 5.47. The maximum Gasteiger partial charge on any atom is 0.161 e. The van der Waals surface area contributed by atoms with Crippen molar-refractivity contribution >= 4 is 0 Å². The van der Waals surface area contributed by atoms with E-state index in [0.717, 1.165) is 31.0 Å². The normalized spacial score (nSPS) is 13.7. The molecule has 0 aliphatic heterocycles. The Kier molecular flexibility index (Phi) is 5.20. The zero-order valence-electron chi connectivity index (χ0n) is 12.6. The van der Waals surface area contributed by atoms with E-state index in [1.54, 1.807) is 7.11 Å². The molecule has 1 aromatic heterocycles. The van der Waals surface area contributed by atoms with Crippen LogP contribution in [0.5, 0.6) is 5.75 Å². The first kappa shape index (κ1) is 15.0. The molecule has 1 heterocycles. The fraction of sp³-hybridized carbons (Fsp3) is 0.786. The van der Waals surface area contributed by atoms with E-state index in [0.29, 0.717) is 0 Å². The first-order valence-corrected chi connectivity index (χ1v) is 6.78. The Morgan fingerprint density at radius 2 is 2.06 bits per heavy atom. The average molecular weight is 253 g/mol. The van der Waals surface area contributed by atoms with Gasteiger partial charge < -0.3 is 10.1 Å². The van der Waals surface area contributed by atoms with Crippen molar-refractivity contribution in [2.75, 3.05) is 13.7 Å². The summed E-state index contributed by atoms with van der Waals surface area (Å²) in [7, 11) is 1.71. The van der Waals surface area contributed by atoms with Crippen molar-refractivity contribution in [3.05, 3.63) is 11.9 Å². The number of nitrogens with zero attached hydrogens (tertiary/aromatic N) is 2. The number of nitrogens with one attached hydrogen (secondary N) is 1. The minimum absolute atomic E-state index is 0.120. The zero-order chi connectivity index (χ0) is 13.8. The molecule has 18 heavy (non-hydrogen) atoms. The summed E-state index contributed by atoms with van der Waals surface area (Å²) in [6, 6.07) is 0.242. The highest BCUT2D eigenvalue weighted by Gasteiger charge is 2.31. The van der Waals surface area contributed by atoms with E-state index in [1.807, 2.05) is 6.20 Å². The van der Waals surface area contributed by atoms with Gasteiger partial charge in [-0.3, -0.25) is 4.68 Å². The van der Waals surface area contributed by atoms with Gasteiger partial charge in [-0.05, 0) is 18.4 Å². The molecular formula is C14H27N3O. The average Bonchev–Trinajstić information content (AvgIpc) is 2.67. The molecule has 104 valence electrons. The molecule has 1 aromatic rings. The van der Waals surface area contributed by atoms with Gasteiger partial charge in [-0.1, -0.05) is 34.6 Å². The van der Waals surface area contributed by atoms with E-state index in [1.165, 1.54) is 0 Å². The Balaban J connectivity index is 3.19. The van der Waals surface area contributed by atoms with Crippen LogP contribution in [-0.4, -0.2) is 23.4 Å². The second kappa shape index (κ2) is 6.23. The van der Waals surface area contributed by atoms with Crippen molar-refractivity contribution in [3.63, 3.8) is 0 Å². The van der Waals surface area contributed by atoms with Crippen LogP contribution in [0.25, 0.3) is 0 Å². The summed E-state index contributed by atoms with van der Waals surface area (Å²) in [5.41, 5.74) is 1.28. The highest BCUT2D eigenvalue weighted by atomic mass is 16.5. The summed E-state index contributed by atoms with van der Waals surface area (Å²) < 4.78 is 7.54. The van der Waals surface area contributed by atoms with Gasteiger partial charge in [0, 0.05) is 6.54 Å². The maximum absolute atomic E-state index is 5.47. The number of hydrogen-bond donors (Lipinski definition) is 1. The Hall–Kier alpha value is -1.03. The monoisotopic (exact) mass is 253 g/mol. The van der Waals surface area contributed by atoms with Gasteiger partial charge in [-0.2, -0.15) is 5.10 Å². The smallest absolute Gasteiger partial charge is 0.161 e. The molecule has 0 aromatic carbocycles. The predicted molar refractivity (Wildman–Crippen MR) is 74.9 cm³/mol. The van der Waals surface area contributed by atoms with E-state index >= 15 is 0 Å². The summed E-state index contributed by atoms with van der Waals surface area (Å²) in [4.78, 5) is 0. The molecule has 1 atom stereocenters. The molecule has 4 heteroatoms. The predicted octanol–water partition coefficient (Wildman–Crippen LogP) is 3.00. The SMILES string of the molecule is CCCn1ncc(OC)c1C(NCC)C(C)(C)C. The number of methoxy groups -OCH3 is 1. The van der Waals surface area contributed by atoms with Crippen molar-refractivity contribution in [2.45, 2.75) is 53.6 Å². The number of hydrogen-bond acceptors (Lipinski definition) is 3. The largest absolute Gasteiger partial charge is 0.493 e. The zero-order valence-corrected chi connectivity index (χ0v) is 12.6. The summed E-state index contributed by atoms with van der Waals surface area (Å²) in [5.74, 6) is 0.879. The topological polar surface area (TPSA) is 39.1 Å². The van der Waals surface area contributed by atoms with Crippen molar-refractivity contribution in [1.82, 2.24) is 15.1 Å². The lowest BCUT2D eigenvalue weighted by Gasteiger charge is -2.32. The lowest BCUT2D eigenvalue weighted by atomic mass is 9.84. The fourth-order valence-electron chi connectivity index (χ4n) is 2.23. The van der Waals surface area contributed by atoms with Gasteiger partial charge in [0.05, 0.1) is 25.0 Å². The number of aromatic nitrogens is 2. The van der Waals surface area contributed by atoms with Gasteiger partial charge in [0.2, 0.25) is 0 Å². The van der Waals surface area contributed by atoms with Crippen LogP contribution in [0.1, 0.15) is 52.8 Å². The lowest BCUT2D eigenvalue weighted by Crippen LogP contribution is -2.34. The highest BCUT2D eigenvalue weighted by molar-refractivity contribution is 5.29. The van der Waals surface area contributed by atoms with Gasteiger partial charge in [0.15, 0.2) is 5.75 Å². The summed E-state index contributed by atoms with van der Waals surface area (Å²) >= 11 is 0. The molecule has 1 rings (SSSR count). The summed E-state index contributed by atoms with van der Waals surface area (Å²) in [6.45, 7) is 12.9. The van der Waals surface area contributed by atoms with Crippen LogP contribution < -0.4 is 10.1 Å². The Morgan fingerprint density at radius 1 is 1.39 bits per heavy atom. The second-order valence-electron chi connectivity index (χ2n) is 5.68. The first-order valence-electron chi connectivity index (χ1n) is 6.78. The molecule has 0 radical (unpaired) electrons. The molecule has 0 spiro atoms. The minimum Gasteiger partial charge on any atom is -0.493 e. The number of aryl methyl sites for hydroxylation is 1. The van der Waals surface area contributed by atoms with Crippen LogP contribution in [0.15, 0.2) is 6.20 Å². The van der Waals surface area contributed by atoms with Crippen LogP contribution in [0.2, 0.25) is 0 Å². The fourth-order valence-corrected chi connectivity index (χ4v) is 2.23. The summed E-state index contributed by atoms with van der Waals surface area (Å²) in [6.07, 6.45) is 2.89. The molecule has 0 aliphatic carbocycles. The standard InChI is InChI=1S/C14H27N3O/c1-7-9-17-12(11(18-6)10-16-17)13(15-8-2)14(3,4)5/h10,13,15H,7-9H2,1-6H3. The second-order valence-corrected chi connectivity index (χ2v) is 5.68. The lowest BCUT2D eigenvalue weighted by molar-refractivity contribution is 0.253. The van der Waals surface area contributed by atoms with Crippen molar-refractivity contribution < 1.29 is 4.74 Å². The third-order valence-corrected chi connectivity index (χ3v) is 3.05. The Bertz CT molecular complexity index is 366. The van der Waals surface area contributed by atoms with Gasteiger partial charge in [-0.15, -0.1) is 0 Å². The third-order valence-electron chi connectivity index (χ3n) is 3.05. The molecule has 1 N–H and O–H groups in total. The van der Waals surface area contributed by atoms with Crippen LogP contribution in [-0.2, 0) is 6.54 Å². The molecular weight excluding hydrogens is 226 g/mol. The first-order chi connectivity index (χ1) is 8.45. The Labute approximate surface area is 111 Å². The number of rotatable bonds is 6. The van der Waals surface area contributed by atoms with Crippen LogP contribution in [0.3, 0.4) is 0 Å². The van der Waals surface area contributed by atoms with E-state index in [9.17, 15) is 0 Å². The molecule has 4 nitrogen and oxygen atoms in total. The van der Waals surface area contributed by atoms with Gasteiger partial charge in [0.1, 0.15) is 0 Å². The van der Waals surface area contributed by atoms with Crippen LogP contribution in [0.4, 0.5) is 0 Å². The van der Waals surface area contributed by atoms with Gasteiger partial charge in [-0.25, -0.2) is 0 Å². The molecule has 1 unspecified atom stereocenters. The third kappa shape index (κ3) is 3.25. The molecule has 0 fully saturated rings. The van der Waals surface area contributed by atoms with Gasteiger partial charge in [0.25, 0.3) is 0 Å². The quantitative estimate of drug-likeness (QED) is 0.847. The van der Waals surface area contributed by atoms with Crippen LogP contribution >= 0.6 is 0 Å². The molecule has 0 aliphatic rings. The highest BCUT2D eigenvalue weighted by Crippen LogP contribution is 2.37. The van der Waals surface area contributed by atoms with Crippen molar-refractivity contribution in [1.29, 1.82) is 0 Å². The van der Waals surface area contributed by atoms with Crippen molar-refractivity contribution in [2.24, 2.45) is 5.41 Å². The molecule has 0 saturated heterocycles. The molecule has 0 saturated carbocycles. The van der Waals surface area contributed by atoms with E-state index in [4.69, 9.17) is 4.74 Å². The minimum atomic E-state index is 0.120.